The van der Waals surface area contributed by atoms with Gasteiger partial charge in [-0.3, -0.25) is 0 Å². The van der Waals surface area contributed by atoms with Crippen molar-refractivity contribution in [3.63, 3.8) is 0 Å². The summed E-state index contributed by atoms with van der Waals surface area (Å²) >= 11 is 0. The van der Waals surface area contributed by atoms with Gasteiger partial charge in [0.2, 0.25) is 10.0 Å². The van der Waals surface area contributed by atoms with Gasteiger partial charge in [0, 0.05) is 17.3 Å². The molecule has 2 atom stereocenters. The van der Waals surface area contributed by atoms with Gasteiger partial charge in [0.15, 0.2) is 0 Å². The molecular formula is C14H22N2O4S. The average molecular weight is 314 g/mol. The number of carbonyl (C=O) groups excluding carboxylic acids is 1. The lowest BCUT2D eigenvalue weighted by molar-refractivity contribution is 0.0519. The van der Waals surface area contributed by atoms with Crippen LogP contribution in [0.25, 0.3) is 0 Å². The molecule has 2 N–H and O–H groups in total. The highest BCUT2D eigenvalue weighted by Gasteiger charge is 2.40. The fourth-order valence-electron chi connectivity index (χ4n) is 2.64. The van der Waals surface area contributed by atoms with Gasteiger partial charge in [0.05, 0.1) is 6.61 Å². The zero-order valence-corrected chi connectivity index (χ0v) is 13.6. The first-order valence-electron chi connectivity index (χ1n) is 7.20. The number of aromatic nitrogens is 1. The van der Waals surface area contributed by atoms with E-state index >= 15 is 0 Å². The number of nitrogens with one attached hydrogen (secondary N) is 2. The minimum absolute atomic E-state index is 0.0137. The van der Waals surface area contributed by atoms with Gasteiger partial charge in [0.25, 0.3) is 0 Å². The first kappa shape index (κ1) is 16.0. The van der Waals surface area contributed by atoms with Crippen molar-refractivity contribution in [3.05, 3.63) is 17.0 Å². The molecule has 1 aromatic heterocycles. The van der Waals surface area contributed by atoms with E-state index in [0.717, 1.165) is 12.8 Å². The Morgan fingerprint density at radius 2 is 2.05 bits per heavy atom. The molecule has 1 fully saturated rings. The van der Waals surface area contributed by atoms with Crippen molar-refractivity contribution in [2.24, 2.45) is 5.92 Å². The lowest BCUT2D eigenvalue weighted by atomic mass is 10.2. The van der Waals surface area contributed by atoms with Crippen LogP contribution < -0.4 is 4.72 Å². The van der Waals surface area contributed by atoms with E-state index in [0.29, 0.717) is 17.2 Å². The van der Waals surface area contributed by atoms with Crippen molar-refractivity contribution < 1.29 is 17.9 Å². The van der Waals surface area contributed by atoms with Crippen molar-refractivity contribution in [3.8, 4) is 0 Å². The Morgan fingerprint density at radius 3 is 2.57 bits per heavy atom. The quantitative estimate of drug-likeness (QED) is 0.785. The molecule has 0 radical (unpaired) electrons. The highest BCUT2D eigenvalue weighted by molar-refractivity contribution is 7.89. The number of carbonyl (C=O) groups is 1. The minimum atomic E-state index is -3.62. The number of ether oxygens (including phenoxy) is 1. The topological polar surface area (TPSA) is 88.3 Å². The predicted molar refractivity (Wildman–Crippen MR) is 78.7 cm³/mol. The number of sulfonamides is 1. The summed E-state index contributed by atoms with van der Waals surface area (Å²) in [6, 6.07) is 0.0137. The molecule has 0 bridgehead atoms. The third-order valence-corrected chi connectivity index (χ3v) is 5.63. The van der Waals surface area contributed by atoms with E-state index in [1.165, 1.54) is 0 Å². The van der Waals surface area contributed by atoms with Crippen LogP contribution >= 0.6 is 0 Å². The first-order chi connectivity index (χ1) is 9.81. The summed E-state index contributed by atoms with van der Waals surface area (Å²) in [5.74, 6) is -0.110. The summed E-state index contributed by atoms with van der Waals surface area (Å²) in [4.78, 5) is 14.8. The zero-order chi connectivity index (χ0) is 15.8. The summed E-state index contributed by atoms with van der Waals surface area (Å²) in [5.41, 5.74) is 1.07. The highest BCUT2D eigenvalue weighted by Crippen LogP contribution is 2.35. The highest BCUT2D eigenvalue weighted by atomic mass is 32.2. The van der Waals surface area contributed by atoms with Crippen molar-refractivity contribution in [2.45, 2.75) is 51.5 Å². The van der Waals surface area contributed by atoms with Crippen LogP contribution in [-0.2, 0) is 14.8 Å². The maximum Gasteiger partial charge on any atom is 0.355 e. The van der Waals surface area contributed by atoms with E-state index in [4.69, 9.17) is 4.74 Å². The van der Waals surface area contributed by atoms with Gasteiger partial charge in [-0.2, -0.15) is 0 Å². The van der Waals surface area contributed by atoms with Gasteiger partial charge < -0.3 is 9.72 Å². The summed E-state index contributed by atoms with van der Waals surface area (Å²) < 4.78 is 32.6. The van der Waals surface area contributed by atoms with Gasteiger partial charge in [-0.15, -0.1) is 0 Å². The van der Waals surface area contributed by atoms with Crippen LogP contribution in [0.5, 0.6) is 0 Å². The Labute approximate surface area is 125 Å². The van der Waals surface area contributed by atoms with Crippen molar-refractivity contribution in [1.82, 2.24) is 9.71 Å². The lowest BCUT2D eigenvalue weighted by Crippen LogP contribution is -2.28. The molecule has 0 saturated heterocycles. The van der Waals surface area contributed by atoms with Crippen LogP contribution in [0.4, 0.5) is 0 Å². The molecule has 0 aromatic carbocycles. The maximum absolute atomic E-state index is 12.5. The molecule has 1 aliphatic carbocycles. The van der Waals surface area contributed by atoms with Crippen molar-refractivity contribution >= 4 is 16.0 Å². The van der Waals surface area contributed by atoms with Crippen molar-refractivity contribution in [1.29, 1.82) is 0 Å². The van der Waals surface area contributed by atoms with Crippen LogP contribution in [0.15, 0.2) is 4.90 Å². The number of hydrogen-bond acceptors (Lipinski definition) is 4. The molecular weight excluding hydrogens is 292 g/mol. The number of aromatic amines is 1. The molecule has 2 unspecified atom stereocenters. The minimum Gasteiger partial charge on any atom is -0.461 e. The largest absolute Gasteiger partial charge is 0.461 e. The number of H-pyrrole nitrogens is 1. The van der Waals surface area contributed by atoms with Gasteiger partial charge in [-0.1, -0.05) is 13.3 Å². The zero-order valence-electron chi connectivity index (χ0n) is 12.8. The second-order valence-electron chi connectivity index (χ2n) is 5.43. The van der Waals surface area contributed by atoms with E-state index in [1.54, 1.807) is 20.8 Å². The number of rotatable bonds is 6. The molecule has 0 amide bonds. The number of aryl methyl sites for hydroxylation is 1. The lowest BCUT2D eigenvalue weighted by Gasteiger charge is -2.07. The predicted octanol–water partition coefficient (Wildman–Crippen LogP) is 1.89. The smallest absolute Gasteiger partial charge is 0.355 e. The molecule has 1 aromatic rings. The Kier molecular flexibility index (Phi) is 4.43. The molecule has 1 heterocycles. The summed E-state index contributed by atoms with van der Waals surface area (Å²) in [7, 11) is -3.62. The Hall–Kier alpha value is -1.34. The molecule has 7 heteroatoms. The van der Waals surface area contributed by atoms with E-state index in [-0.39, 0.29) is 23.2 Å². The average Bonchev–Trinajstić information content (AvgIpc) is 3.05. The molecule has 21 heavy (non-hydrogen) atoms. The standard InChI is InChI=1S/C14H22N2O4S/c1-5-10-7-11(10)16-21(18,19)13-8(3)12(15-9(13)4)14(17)20-6-2/h10-11,15-16H,5-7H2,1-4H3. The number of esters is 1. The fraction of sp³-hybridized carbons (Fsp3) is 0.643. The molecule has 118 valence electrons. The molecule has 0 spiro atoms. The van der Waals surface area contributed by atoms with Crippen LogP contribution in [0, 0.1) is 19.8 Å². The van der Waals surface area contributed by atoms with Gasteiger partial charge in [-0.25, -0.2) is 17.9 Å². The number of hydrogen-bond donors (Lipinski definition) is 2. The first-order valence-corrected chi connectivity index (χ1v) is 8.68. The van der Waals surface area contributed by atoms with E-state index in [1.807, 2.05) is 6.92 Å². The van der Waals surface area contributed by atoms with Gasteiger partial charge >= 0.3 is 5.97 Å². The second-order valence-corrected chi connectivity index (χ2v) is 7.08. The third kappa shape index (κ3) is 3.13. The monoisotopic (exact) mass is 314 g/mol. The summed E-state index contributed by atoms with van der Waals surface area (Å²) in [6.45, 7) is 7.27. The Balaban J connectivity index is 2.29. The van der Waals surface area contributed by atoms with Crippen molar-refractivity contribution in [2.75, 3.05) is 6.61 Å². The van der Waals surface area contributed by atoms with Crippen LogP contribution in [0.3, 0.4) is 0 Å². The van der Waals surface area contributed by atoms with E-state index < -0.39 is 16.0 Å². The van der Waals surface area contributed by atoms with E-state index in [2.05, 4.69) is 9.71 Å². The second kappa shape index (κ2) is 5.81. The van der Waals surface area contributed by atoms with E-state index in [9.17, 15) is 13.2 Å². The molecule has 6 nitrogen and oxygen atoms in total. The van der Waals surface area contributed by atoms with Gasteiger partial charge in [-0.05, 0) is 33.1 Å². The third-order valence-electron chi connectivity index (χ3n) is 3.87. The summed E-state index contributed by atoms with van der Waals surface area (Å²) in [5, 5.41) is 0. The fourth-order valence-corrected chi connectivity index (χ4v) is 4.41. The molecule has 1 aliphatic rings. The Bertz CT molecular complexity index is 648. The summed E-state index contributed by atoms with van der Waals surface area (Å²) in [6.07, 6.45) is 1.84. The SMILES string of the molecule is CCOC(=O)c1[nH]c(C)c(S(=O)(=O)NC2CC2CC)c1C. The van der Waals surface area contributed by atoms with Crippen LogP contribution in [0.1, 0.15) is 48.4 Å². The molecule has 1 saturated carbocycles. The molecule has 2 rings (SSSR count). The van der Waals surface area contributed by atoms with Gasteiger partial charge in [0.1, 0.15) is 10.6 Å². The maximum atomic E-state index is 12.5. The van der Waals surface area contributed by atoms with Crippen LogP contribution in [-0.4, -0.2) is 32.0 Å². The normalized spacial score (nSPS) is 21.3. The Morgan fingerprint density at radius 1 is 1.38 bits per heavy atom. The molecule has 0 aliphatic heterocycles. The van der Waals surface area contributed by atoms with Crippen LogP contribution in [0.2, 0.25) is 0 Å².